The molecule has 218 valence electrons. The van der Waals surface area contributed by atoms with Gasteiger partial charge in [0.05, 0.1) is 31.1 Å². The molecule has 1 aliphatic rings. The average Bonchev–Trinajstić information content (AvgIpc) is 3.42. The Morgan fingerprint density at radius 2 is 2.05 bits per heavy atom. The number of carbonyl (C=O) groups is 1. The van der Waals surface area contributed by atoms with Crippen molar-refractivity contribution in [3.8, 4) is 5.75 Å². The molecule has 13 nitrogen and oxygen atoms in total. The maximum absolute atomic E-state index is 14.3. The molecule has 0 saturated carbocycles. The van der Waals surface area contributed by atoms with E-state index in [0.717, 1.165) is 6.33 Å². The van der Waals surface area contributed by atoms with Gasteiger partial charge >= 0.3 is 13.6 Å². The molecule has 1 aliphatic heterocycles. The van der Waals surface area contributed by atoms with E-state index in [1.807, 2.05) is 0 Å². The average molecular weight is 602 g/mol. The van der Waals surface area contributed by atoms with Gasteiger partial charge in [-0.1, -0.05) is 25.1 Å². The van der Waals surface area contributed by atoms with E-state index in [2.05, 4.69) is 15.0 Å². The molecule has 1 saturated heterocycles. The van der Waals surface area contributed by atoms with Crippen molar-refractivity contribution >= 4 is 42.3 Å². The van der Waals surface area contributed by atoms with Crippen LogP contribution in [0.5, 0.6) is 5.75 Å². The second-order valence-electron chi connectivity index (χ2n) is 9.69. The number of carbonyl (C=O) groups excluding carboxylic acids is 1. The van der Waals surface area contributed by atoms with Gasteiger partial charge in [0, 0.05) is 0 Å². The summed E-state index contributed by atoms with van der Waals surface area (Å²) in [5, 5.41) is 11.0. The van der Waals surface area contributed by atoms with Gasteiger partial charge in [-0.3, -0.25) is 23.7 Å². The molecule has 0 amide bonds. The first kappa shape index (κ1) is 29.9. The van der Waals surface area contributed by atoms with Gasteiger partial charge in [0.1, 0.15) is 29.5 Å². The molecule has 2 aromatic heterocycles. The summed E-state index contributed by atoms with van der Waals surface area (Å²) in [5.74, 6) is -1.47. The zero-order chi connectivity index (χ0) is 29.2. The van der Waals surface area contributed by atoms with Crippen molar-refractivity contribution in [2.45, 2.75) is 50.2 Å². The molecule has 4 rings (SSSR count). The highest BCUT2D eigenvalue weighted by atomic mass is 35.5. The smallest absolute Gasteiger partial charge is 0.380 e. The van der Waals surface area contributed by atoms with Crippen LogP contribution in [0.2, 0.25) is 0 Å². The maximum Gasteiger partial charge on any atom is 0.380 e. The number of esters is 1. The molecule has 0 radical (unpaired) electrons. The highest BCUT2D eigenvalue weighted by Crippen LogP contribution is 2.52. The van der Waals surface area contributed by atoms with Crippen LogP contribution in [0.3, 0.4) is 0 Å². The Balaban J connectivity index is 1.58. The Morgan fingerprint density at radius 3 is 2.70 bits per heavy atom. The van der Waals surface area contributed by atoms with E-state index in [0.29, 0.717) is 0 Å². The number of halogens is 2. The summed E-state index contributed by atoms with van der Waals surface area (Å²) in [5.41, 5.74) is 4.86. The van der Waals surface area contributed by atoms with Crippen LogP contribution < -0.4 is 15.8 Å². The van der Waals surface area contributed by atoms with Crippen LogP contribution in [0.1, 0.15) is 27.0 Å². The summed E-state index contributed by atoms with van der Waals surface area (Å²) >= 11 is 6.53. The number of hydrogen-bond acceptors (Lipinski definition) is 11. The number of nitrogens with one attached hydrogen (secondary N) is 1. The normalized spacial score (nSPS) is 25.1. The number of benzene rings is 1. The van der Waals surface area contributed by atoms with Crippen molar-refractivity contribution in [3.05, 3.63) is 47.0 Å². The van der Waals surface area contributed by atoms with E-state index in [9.17, 15) is 23.7 Å². The van der Waals surface area contributed by atoms with Gasteiger partial charge in [0.25, 0.3) is 5.56 Å². The van der Waals surface area contributed by atoms with Gasteiger partial charge in [-0.15, -0.1) is 11.6 Å². The molecule has 1 unspecified atom stereocenters. The Bertz CT molecular complexity index is 1460. The molecule has 0 spiro atoms. The van der Waals surface area contributed by atoms with Crippen molar-refractivity contribution in [2.24, 2.45) is 5.92 Å². The number of aliphatic hydroxyl groups is 1. The number of hydrogen-bond donors (Lipinski definition) is 3. The van der Waals surface area contributed by atoms with E-state index in [1.54, 1.807) is 44.2 Å². The molecular weight excluding hydrogens is 572 g/mol. The molecule has 0 bridgehead atoms. The number of fused-ring (bicyclic) bond motifs is 1. The zero-order valence-electron chi connectivity index (χ0n) is 21.9. The summed E-state index contributed by atoms with van der Waals surface area (Å²) in [6.45, 7) is 3.08. The standard InChI is InChI=1S/C24H30ClFN5O8P/c1-13(2)37-21(34)14(3)10-40(35,39-15-7-5-4-6-8-15)36-9-16-18(32)24(25,11-26)22(38-16)31-12-28-17-19(31)29-23(27)30-20(17)33/h4-8,12-14,16,18,22,32H,9-11H2,1-3H3,(H3,27,29,30,33)/t14-,16-,18+,22-,24?,40+/m1/s1. The number of aromatic amines is 1. The third-order valence-electron chi connectivity index (χ3n) is 6.14. The fourth-order valence-electron chi connectivity index (χ4n) is 4.20. The molecular formula is C24H30ClFN5O8P. The quantitative estimate of drug-likeness (QED) is 0.167. The van der Waals surface area contributed by atoms with Crippen LogP contribution in [-0.4, -0.2) is 73.2 Å². The number of nitrogens with two attached hydrogens (primary N) is 1. The SMILES string of the molecule is CC(C)OC(=O)[C@H](C)C[P@](=O)(OC[C@H]1O[C@@H](n2cnc3c(=O)[nH]c(N)nc32)C(Cl)(CF)[C@H]1O)Oc1ccccc1. The molecule has 0 aliphatic carbocycles. The van der Waals surface area contributed by atoms with Crippen molar-refractivity contribution in [1.29, 1.82) is 0 Å². The number of aliphatic hydroxyl groups excluding tert-OH is 1. The number of H-pyrrole nitrogens is 1. The van der Waals surface area contributed by atoms with Crippen molar-refractivity contribution in [2.75, 3.05) is 25.2 Å². The predicted molar refractivity (Wildman–Crippen MR) is 143 cm³/mol. The van der Waals surface area contributed by atoms with Crippen LogP contribution in [0, 0.1) is 5.92 Å². The van der Waals surface area contributed by atoms with Gasteiger partial charge in [-0.05, 0) is 26.0 Å². The maximum atomic E-state index is 14.3. The largest absolute Gasteiger partial charge is 0.463 e. The summed E-state index contributed by atoms with van der Waals surface area (Å²) < 4.78 is 51.9. The van der Waals surface area contributed by atoms with Crippen molar-refractivity contribution in [3.63, 3.8) is 0 Å². The van der Waals surface area contributed by atoms with Crippen LogP contribution in [-0.2, 0) is 23.4 Å². The second-order valence-corrected chi connectivity index (χ2v) is 12.4. The zero-order valence-corrected chi connectivity index (χ0v) is 23.5. The lowest BCUT2D eigenvalue weighted by atomic mass is 10.0. The number of rotatable bonds is 11. The van der Waals surface area contributed by atoms with Crippen LogP contribution in [0.4, 0.5) is 10.3 Å². The summed E-state index contributed by atoms with van der Waals surface area (Å²) in [6, 6.07) is 8.17. The first-order valence-electron chi connectivity index (χ1n) is 12.4. The number of anilines is 1. The molecule has 40 heavy (non-hydrogen) atoms. The lowest BCUT2D eigenvalue weighted by molar-refractivity contribution is -0.151. The number of para-hydroxylation sites is 1. The molecule has 4 N–H and O–H groups in total. The Kier molecular flexibility index (Phi) is 8.86. The first-order valence-corrected chi connectivity index (χ1v) is 14.5. The number of nitrogen functional groups attached to an aromatic ring is 1. The first-order chi connectivity index (χ1) is 18.9. The fourth-order valence-corrected chi connectivity index (χ4v) is 6.37. The Labute approximate surface area is 233 Å². The molecule has 3 aromatic rings. The number of ether oxygens (including phenoxy) is 2. The van der Waals surface area contributed by atoms with E-state index < -0.39 is 61.6 Å². The van der Waals surface area contributed by atoms with Crippen molar-refractivity contribution < 1.29 is 37.4 Å². The number of aromatic nitrogens is 4. The van der Waals surface area contributed by atoms with Gasteiger partial charge in [-0.2, -0.15) is 4.98 Å². The summed E-state index contributed by atoms with van der Waals surface area (Å²) in [4.78, 5) is 32.9. The number of imidazole rings is 1. The van der Waals surface area contributed by atoms with Crippen LogP contribution >= 0.6 is 19.2 Å². The Morgan fingerprint density at radius 1 is 1.35 bits per heavy atom. The van der Waals surface area contributed by atoms with Gasteiger partial charge in [0.2, 0.25) is 5.95 Å². The highest BCUT2D eigenvalue weighted by molar-refractivity contribution is 7.54. The molecule has 3 heterocycles. The minimum absolute atomic E-state index is 0.0472. The minimum Gasteiger partial charge on any atom is -0.463 e. The molecule has 1 fully saturated rings. The second kappa shape index (κ2) is 11.8. The van der Waals surface area contributed by atoms with Gasteiger partial charge < -0.3 is 24.8 Å². The third kappa shape index (κ3) is 6.16. The van der Waals surface area contributed by atoms with Crippen LogP contribution in [0.15, 0.2) is 41.5 Å². The molecule has 6 atom stereocenters. The predicted octanol–water partition coefficient (Wildman–Crippen LogP) is 2.78. The fraction of sp³-hybridized carbons (Fsp3) is 0.500. The van der Waals surface area contributed by atoms with E-state index >= 15 is 0 Å². The summed E-state index contributed by atoms with van der Waals surface area (Å²) in [6.07, 6.45) is -3.97. The third-order valence-corrected chi connectivity index (χ3v) is 8.68. The van der Waals surface area contributed by atoms with Gasteiger partial charge in [-0.25, -0.2) is 13.9 Å². The Hall–Kier alpha value is -3.03. The van der Waals surface area contributed by atoms with Crippen molar-refractivity contribution in [1.82, 2.24) is 19.5 Å². The minimum atomic E-state index is -4.08. The molecule has 16 heteroatoms. The lowest BCUT2D eigenvalue weighted by Gasteiger charge is -2.27. The number of nitrogens with zero attached hydrogens (tertiary/aromatic N) is 3. The van der Waals surface area contributed by atoms with E-state index in [4.69, 9.17) is 35.9 Å². The number of alkyl halides is 2. The van der Waals surface area contributed by atoms with E-state index in [1.165, 1.54) is 11.5 Å². The molecule has 1 aromatic carbocycles. The highest BCUT2D eigenvalue weighted by Gasteiger charge is 2.57. The lowest BCUT2D eigenvalue weighted by Crippen LogP contribution is -2.44. The van der Waals surface area contributed by atoms with E-state index in [-0.39, 0.29) is 35.1 Å². The van der Waals surface area contributed by atoms with Gasteiger partial charge in [0.15, 0.2) is 17.4 Å². The monoisotopic (exact) mass is 601 g/mol. The van der Waals surface area contributed by atoms with Crippen LogP contribution in [0.25, 0.3) is 11.2 Å². The summed E-state index contributed by atoms with van der Waals surface area (Å²) in [7, 11) is -4.08. The topological polar surface area (TPSA) is 181 Å².